The van der Waals surface area contributed by atoms with Crippen LogP contribution in [0.3, 0.4) is 0 Å². The first kappa shape index (κ1) is 24.6. The van der Waals surface area contributed by atoms with Gasteiger partial charge < -0.3 is 10.5 Å². The number of carbonyl (C=O) groups is 1. The van der Waals surface area contributed by atoms with Crippen LogP contribution in [-0.4, -0.2) is 41.2 Å². The van der Waals surface area contributed by atoms with E-state index in [4.69, 9.17) is 33.7 Å². The standard InChI is InChI=1S/C21H17Cl2FN6O4S/c1-2-34-16(31)9-15-26-20(25)17-19(28-29-21(17)27-15)10-6-7-13(12(24)8-10)30-35(32,33)14-5-3-4-11(22)18(14)23/h3-8,30H,2,9H2,1H3,(H3,25,26,27,28,29). The third-order valence-electron chi connectivity index (χ3n) is 4.80. The van der Waals surface area contributed by atoms with Crippen LogP contribution in [-0.2, 0) is 26.0 Å². The minimum absolute atomic E-state index is 0.0267. The Morgan fingerprint density at radius 1 is 1.23 bits per heavy atom. The average molecular weight is 539 g/mol. The zero-order valence-corrected chi connectivity index (χ0v) is 20.3. The average Bonchev–Trinajstić information content (AvgIpc) is 3.21. The predicted octanol–water partition coefficient (Wildman–Crippen LogP) is 3.95. The van der Waals surface area contributed by atoms with Crippen molar-refractivity contribution in [3.8, 4) is 11.3 Å². The predicted molar refractivity (Wildman–Crippen MR) is 129 cm³/mol. The van der Waals surface area contributed by atoms with E-state index in [2.05, 4.69) is 24.9 Å². The normalized spacial score (nSPS) is 11.5. The van der Waals surface area contributed by atoms with E-state index in [0.29, 0.717) is 16.6 Å². The van der Waals surface area contributed by atoms with E-state index in [-0.39, 0.29) is 50.9 Å². The molecule has 0 fully saturated rings. The number of rotatable bonds is 7. The lowest BCUT2D eigenvalue weighted by Crippen LogP contribution is -2.14. The number of benzene rings is 2. The van der Waals surface area contributed by atoms with Crippen molar-refractivity contribution in [3.05, 3.63) is 58.1 Å². The first-order chi connectivity index (χ1) is 16.6. The molecular weight excluding hydrogens is 522 g/mol. The van der Waals surface area contributed by atoms with Crippen LogP contribution < -0.4 is 10.5 Å². The first-order valence-electron chi connectivity index (χ1n) is 10.0. The van der Waals surface area contributed by atoms with E-state index in [9.17, 15) is 17.6 Å². The van der Waals surface area contributed by atoms with Crippen molar-refractivity contribution in [2.24, 2.45) is 0 Å². The molecule has 0 aliphatic heterocycles. The fraction of sp³-hybridized carbons (Fsp3) is 0.143. The highest BCUT2D eigenvalue weighted by Crippen LogP contribution is 2.33. The Morgan fingerprint density at radius 3 is 2.71 bits per heavy atom. The van der Waals surface area contributed by atoms with Gasteiger partial charge in [0.25, 0.3) is 10.0 Å². The number of esters is 1. The van der Waals surface area contributed by atoms with Gasteiger partial charge in [0.1, 0.15) is 28.8 Å². The number of carbonyl (C=O) groups excluding carboxylic acids is 1. The summed E-state index contributed by atoms with van der Waals surface area (Å²) in [7, 11) is -4.22. The second-order valence-corrected chi connectivity index (χ2v) is 9.59. The van der Waals surface area contributed by atoms with Crippen LogP contribution in [0.25, 0.3) is 22.3 Å². The van der Waals surface area contributed by atoms with Crippen molar-refractivity contribution in [3.63, 3.8) is 0 Å². The number of fused-ring (bicyclic) bond motifs is 1. The number of aromatic amines is 1. The first-order valence-corrected chi connectivity index (χ1v) is 12.3. The lowest BCUT2D eigenvalue weighted by atomic mass is 10.1. The molecule has 0 bridgehead atoms. The lowest BCUT2D eigenvalue weighted by Gasteiger charge is -2.12. The summed E-state index contributed by atoms with van der Waals surface area (Å²) in [6.45, 7) is 1.89. The maximum atomic E-state index is 14.9. The number of anilines is 2. The largest absolute Gasteiger partial charge is 0.466 e. The maximum absolute atomic E-state index is 14.9. The second-order valence-electron chi connectivity index (χ2n) is 7.16. The van der Waals surface area contributed by atoms with Gasteiger partial charge in [-0.2, -0.15) is 5.10 Å². The van der Waals surface area contributed by atoms with Gasteiger partial charge in [-0.15, -0.1) is 0 Å². The Balaban J connectivity index is 1.65. The number of aromatic nitrogens is 4. The summed E-state index contributed by atoms with van der Waals surface area (Å²) in [5, 5.41) is 6.97. The number of sulfonamides is 1. The number of ether oxygens (including phenoxy) is 1. The summed E-state index contributed by atoms with van der Waals surface area (Å²) >= 11 is 11.9. The molecule has 10 nitrogen and oxygen atoms in total. The highest BCUT2D eigenvalue weighted by molar-refractivity contribution is 7.92. The molecule has 2 heterocycles. The Kier molecular flexibility index (Phi) is 6.79. The van der Waals surface area contributed by atoms with Crippen LogP contribution in [0, 0.1) is 5.82 Å². The Morgan fingerprint density at radius 2 is 2.00 bits per heavy atom. The number of halogens is 3. The Hall–Kier alpha value is -3.48. The Labute approximate surface area is 208 Å². The molecule has 4 aromatic rings. The summed E-state index contributed by atoms with van der Waals surface area (Å²) in [6.07, 6.45) is -0.184. The second kappa shape index (κ2) is 9.64. The van der Waals surface area contributed by atoms with Crippen LogP contribution in [0.1, 0.15) is 12.7 Å². The summed E-state index contributed by atoms with van der Waals surface area (Å²) in [5.41, 5.74) is 6.54. The lowest BCUT2D eigenvalue weighted by molar-refractivity contribution is -0.142. The van der Waals surface area contributed by atoms with Crippen molar-refractivity contribution >= 4 is 61.7 Å². The van der Waals surface area contributed by atoms with Gasteiger partial charge in [0.2, 0.25) is 0 Å². The molecule has 2 aromatic heterocycles. The molecule has 182 valence electrons. The summed E-state index contributed by atoms with van der Waals surface area (Å²) < 4.78 is 47.4. The SMILES string of the molecule is CCOC(=O)Cc1nc(N)c2c(-c3ccc(NS(=O)(=O)c4cccc(Cl)c4Cl)c(F)c3)[nH]nc2n1. The summed E-state index contributed by atoms with van der Waals surface area (Å²) in [6, 6.07) is 7.88. The Bertz CT molecular complexity index is 1560. The molecular formula is C21H17Cl2FN6O4S. The van der Waals surface area contributed by atoms with Crippen LogP contribution in [0.15, 0.2) is 41.3 Å². The minimum Gasteiger partial charge on any atom is -0.466 e. The van der Waals surface area contributed by atoms with E-state index in [1.54, 1.807) is 6.92 Å². The van der Waals surface area contributed by atoms with Gasteiger partial charge in [0.05, 0.1) is 33.4 Å². The van der Waals surface area contributed by atoms with Gasteiger partial charge in [-0.05, 0) is 31.2 Å². The zero-order chi connectivity index (χ0) is 25.3. The molecule has 0 amide bonds. The number of hydrogen-bond acceptors (Lipinski definition) is 8. The molecule has 4 rings (SSSR count). The minimum atomic E-state index is -4.22. The molecule has 0 aliphatic carbocycles. The van der Waals surface area contributed by atoms with Crippen molar-refractivity contribution in [2.75, 3.05) is 17.1 Å². The third kappa shape index (κ3) is 4.99. The van der Waals surface area contributed by atoms with Crippen LogP contribution in [0.2, 0.25) is 10.0 Å². The topological polar surface area (TPSA) is 153 Å². The van der Waals surface area contributed by atoms with Crippen molar-refractivity contribution < 1.29 is 22.3 Å². The number of nitrogens with zero attached hydrogens (tertiary/aromatic N) is 3. The van der Waals surface area contributed by atoms with Crippen LogP contribution in [0.4, 0.5) is 15.9 Å². The molecule has 2 aromatic carbocycles. The molecule has 0 saturated carbocycles. The van der Waals surface area contributed by atoms with Gasteiger partial charge in [0, 0.05) is 5.56 Å². The van der Waals surface area contributed by atoms with Crippen molar-refractivity contribution in [1.29, 1.82) is 0 Å². The molecule has 14 heteroatoms. The molecule has 0 atom stereocenters. The van der Waals surface area contributed by atoms with Crippen molar-refractivity contribution in [1.82, 2.24) is 20.2 Å². The van der Waals surface area contributed by atoms with Gasteiger partial charge in [-0.3, -0.25) is 14.6 Å². The van der Waals surface area contributed by atoms with E-state index >= 15 is 0 Å². The van der Waals surface area contributed by atoms with E-state index in [0.717, 1.165) is 6.07 Å². The number of nitrogens with one attached hydrogen (secondary N) is 2. The van der Waals surface area contributed by atoms with Crippen LogP contribution >= 0.6 is 23.2 Å². The fourth-order valence-electron chi connectivity index (χ4n) is 3.27. The van der Waals surface area contributed by atoms with Crippen LogP contribution in [0.5, 0.6) is 0 Å². The quantitative estimate of drug-likeness (QED) is 0.299. The van der Waals surface area contributed by atoms with E-state index in [1.165, 1.54) is 30.3 Å². The summed E-state index contributed by atoms with van der Waals surface area (Å²) in [5.74, 6) is -1.23. The molecule has 0 aliphatic rings. The van der Waals surface area contributed by atoms with Gasteiger partial charge in [-0.1, -0.05) is 35.3 Å². The number of nitrogens with two attached hydrogens (primary N) is 1. The highest BCUT2D eigenvalue weighted by atomic mass is 35.5. The smallest absolute Gasteiger partial charge is 0.313 e. The molecule has 0 radical (unpaired) electrons. The van der Waals surface area contributed by atoms with Gasteiger partial charge in [-0.25, -0.2) is 22.8 Å². The molecule has 4 N–H and O–H groups in total. The monoisotopic (exact) mass is 538 g/mol. The highest BCUT2D eigenvalue weighted by Gasteiger charge is 2.22. The molecule has 0 unspecified atom stereocenters. The molecule has 0 spiro atoms. The fourth-order valence-corrected chi connectivity index (χ4v) is 5.10. The molecule has 0 saturated heterocycles. The zero-order valence-electron chi connectivity index (χ0n) is 18.0. The number of nitrogen functional groups attached to an aromatic ring is 1. The maximum Gasteiger partial charge on any atom is 0.313 e. The molecule has 35 heavy (non-hydrogen) atoms. The number of hydrogen-bond donors (Lipinski definition) is 3. The third-order valence-corrected chi connectivity index (χ3v) is 7.14. The van der Waals surface area contributed by atoms with Gasteiger partial charge in [0.15, 0.2) is 5.65 Å². The van der Waals surface area contributed by atoms with Crippen molar-refractivity contribution in [2.45, 2.75) is 18.2 Å². The van der Waals surface area contributed by atoms with E-state index in [1.807, 2.05) is 0 Å². The summed E-state index contributed by atoms with van der Waals surface area (Å²) in [4.78, 5) is 19.7. The van der Waals surface area contributed by atoms with E-state index < -0.39 is 21.8 Å². The number of H-pyrrole nitrogens is 1. The van der Waals surface area contributed by atoms with Gasteiger partial charge >= 0.3 is 5.97 Å².